The zero-order chi connectivity index (χ0) is 11.3. The van der Waals surface area contributed by atoms with E-state index < -0.39 is 6.10 Å². The summed E-state index contributed by atoms with van der Waals surface area (Å²) < 4.78 is 4.96. The number of ether oxygens (including phenoxy) is 1. The molecule has 1 aromatic heterocycles. The molecule has 0 fully saturated rings. The highest BCUT2D eigenvalue weighted by Crippen LogP contribution is 2.08. The lowest BCUT2D eigenvalue weighted by Gasteiger charge is -2.20. The molecule has 0 aliphatic rings. The van der Waals surface area contributed by atoms with Crippen LogP contribution in [0, 0.1) is 0 Å². The first-order valence-electron chi connectivity index (χ1n) is 4.62. The average Bonchev–Trinajstić information content (AvgIpc) is 2.30. The van der Waals surface area contributed by atoms with Gasteiger partial charge in [-0.1, -0.05) is 6.07 Å². The molecule has 0 bridgehead atoms. The van der Waals surface area contributed by atoms with Crippen molar-refractivity contribution in [2.24, 2.45) is 5.73 Å². The number of methoxy groups -OCH3 is 1. The molecule has 1 heterocycles. The summed E-state index contributed by atoms with van der Waals surface area (Å²) >= 11 is 0. The molecule has 5 heteroatoms. The van der Waals surface area contributed by atoms with Crippen molar-refractivity contribution in [3.05, 3.63) is 24.4 Å². The summed E-state index contributed by atoms with van der Waals surface area (Å²) in [6.07, 6.45) is 1.01. The van der Waals surface area contributed by atoms with Crippen LogP contribution in [0.25, 0.3) is 0 Å². The molecule has 1 aromatic rings. The van der Waals surface area contributed by atoms with Gasteiger partial charge in [0.15, 0.2) is 0 Å². The molecule has 0 saturated carbocycles. The number of carbonyl (C=O) groups excluding carboxylic acids is 1. The quantitative estimate of drug-likeness (QED) is 0.759. The second kappa shape index (κ2) is 5.43. The molecule has 0 aliphatic carbocycles. The van der Waals surface area contributed by atoms with E-state index in [1.807, 2.05) is 6.07 Å². The Hall–Kier alpha value is -1.46. The predicted molar refractivity (Wildman–Crippen MR) is 57.5 cm³/mol. The van der Waals surface area contributed by atoms with Crippen LogP contribution in [0.4, 0.5) is 5.82 Å². The van der Waals surface area contributed by atoms with E-state index in [1.54, 1.807) is 25.4 Å². The molecule has 0 aliphatic heterocycles. The van der Waals surface area contributed by atoms with Gasteiger partial charge in [0.1, 0.15) is 11.9 Å². The van der Waals surface area contributed by atoms with Gasteiger partial charge in [0, 0.05) is 26.9 Å². The monoisotopic (exact) mass is 209 g/mol. The van der Waals surface area contributed by atoms with E-state index in [0.717, 1.165) is 0 Å². The van der Waals surface area contributed by atoms with Gasteiger partial charge in [-0.25, -0.2) is 4.98 Å². The van der Waals surface area contributed by atoms with Crippen LogP contribution in [0.5, 0.6) is 0 Å². The third kappa shape index (κ3) is 2.74. The first-order chi connectivity index (χ1) is 7.20. The Morgan fingerprint density at radius 2 is 2.40 bits per heavy atom. The number of nitrogens with two attached hydrogens (primary N) is 1. The van der Waals surface area contributed by atoms with Crippen LogP contribution in [-0.2, 0) is 9.53 Å². The zero-order valence-corrected chi connectivity index (χ0v) is 8.88. The fourth-order valence-corrected chi connectivity index (χ4v) is 1.18. The Balaban J connectivity index is 2.76. The lowest BCUT2D eigenvalue weighted by Crippen LogP contribution is -2.42. The molecule has 0 radical (unpaired) electrons. The first kappa shape index (κ1) is 11.6. The van der Waals surface area contributed by atoms with Gasteiger partial charge in [-0.15, -0.1) is 0 Å². The minimum absolute atomic E-state index is 0.159. The summed E-state index contributed by atoms with van der Waals surface area (Å²) in [6, 6.07) is 5.36. The van der Waals surface area contributed by atoms with Crippen molar-refractivity contribution in [1.82, 2.24) is 4.98 Å². The Labute approximate surface area is 88.9 Å². The van der Waals surface area contributed by atoms with E-state index in [0.29, 0.717) is 5.82 Å². The molecule has 2 N–H and O–H groups in total. The van der Waals surface area contributed by atoms with Crippen LogP contribution < -0.4 is 10.6 Å². The van der Waals surface area contributed by atoms with Crippen LogP contribution in [0.3, 0.4) is 0 Å². The number of pyridine rings is 1. The highest BCUT2D eigenvalue weighted by Gasteiger charge is 2.21. The lowest BCUT2D eigenvalue weighted by atomic mass is 10.3. The summed E-state index contributed by atoms with van der Waals surface area (Å²) in [5.41, 5.74) is 5.41. The number of nitrogens with zero attached hydrogens (tertiary/aromatic N) is 2. The van der Waals surface area contributed by atoms with Gasteiger partial charge in [0.05, 0.1) is 0 Å². The standard InChI is InChI=1S/C10H15N3O2/c1-13(9-5-3-4-6-12-9)10(14)8(7-11)15-2/h3-6,8H,7,11H2,1-2H3. The van der Waals surface area contributed by atoms with Crippen LogP contribution in [0.2, 0.25) is 0 Å². The van der Waals surface area contributed by atoms with Crippen molar-refractivity contribution < 1.29 is 9.53 Å². The molecule has 0 saturated heterocycles. The second-order valence-corrected chi connectivity index (χ2v) is 3.05. The topological polar surface area (TPSA) is 68.5 Å². The van der Waals surface area contributed by atoms with Crippen molar-refractivity contribution in [2.45, 2.75) is 6.10 Å². The van der Waals surface area contributed by atoms with Crippen LogP contribution in [0.15, 0.2) is 24.4 Å². The molecule has 1 rings (SSSR count). The maximum atomic E-state index is 11.8. The summed E-state index contributed by atoms with van der Waals surface area (Å²) in [5, 5.41) is 0. The van der Waals surface area contributed by atoms with E-state index in [-0.39, 0.29) is 12.5 Å². The third-order valence-electron chi connectivity index (χ3n) is 2.10. The molecule has 15 heavy (non-hydrogen) atoms. The minimum atomic E-state index is -0.614. The van der Waals surface area contributed by atoms with E-state index >= 15 is 0 Å². The maximum absolute atomic E-state index is 11.8. The van der Waals surface area contributed by atoms with Gasteiger partial charge >= 0.3 is 0 Å². The molecule has 0 aromatic carbocycles. The summed E-state index contributed by atoms with van der Waals surface area (Å²) in [4.78, 5) is 17.3. The molecule has 5 nitrogen and oxygen atoms in total. The van der Waals surface area contributed by atoms with Gasteiger partial charge in [0.25, 0.3) is 5.91 Å². The third-order valence-corrected chi connectivity index (χ3v) is 2.10. The van der Waals surface area contributed by atoms with Crippen LogP contribution >= 0.6 is 0 Å². The van der Waals surface area contributed by atoms with Gasteiger partial charge in [-0.2, -0.15) is 0 Å². The highest BCUT2D eigenvalue weighted by molar-refractivity contribution is 5.95. The van der Waals surface area contributed by atoms with Crippen LogP contribution in [0.1, 0.15) is 0 Å². The number of hydrogen-bond donors (Lipinski definition) is 1. The number of hydrogen-bond acceptors (Lipinski definition) is 4. The fourth-order valence-electron chi connectivity index (χ4n) is 1.18. The Kier molecular flexibility index (Phi) is 4.20. The number of rotatable bonds is 4. The van der Waals surface area contributed by atoms with Gasteiger partial charge in [-0.3, -0.25) is 9.69 Å². The van der Waals surface area contributed by atoms with Crippen molar-refractivity contribution in [3.63, 3.8) is 0 Å². The predicted octanol–water partition coefficient (Wildman–Crippen LogP) is 0.0181. The van der Waals surface area contributed by atoms with Gasteiger partial charge in [0.2, 0.25) is 0 Å². The van der Waals surface area contributed by atoms with Crippen molar-refractivity contribution in [3.8, 4) is 0 Å². The first-order valence-corrected chi connectivity index (χ1v) is 4.62. The Morgan fingerprint density at radius 3 is 2.87 bits per heavy atom. The number of likely N-dealkylation sites (N-methyl/N-ethyl adjacent to an activating group) is 1. The molecular weight excluding hydrogens is 194 g/mol. The zero-order valence-electron chi connectivity index (χ0n) is 8.88. The number of anilines is 1. The lowest BCUT2D eigenvalue weighted by molar-refractivity contribution is -0.127. The van der Waals surface area contributed by atoms with Crippen LogP contribution in [-0.4, -0.2) is 37.7 Å². The van der Waals surface area contributed by atoms with Crippen molar-refractivity contribution in [2.75, 3.05) is 25.6 Å². The van der Waals surface area contributed by atoms with Crippen molar-refractivity contribution in [1.29, 1.82) is 0 Å². The number of aromatic nitrogens is 1. The summed E-state index contributed by atoms with van der Waals surface area (Å²) in [5.74, 6) is 0.386. The average molecular weight is 209 g/mol. The molecule has 82 valence electrons. The number of carbonyl (C=O) groups is 1. The molecule has 0 spiro atoms. The largest absolute Gasteiger partial charge is 0.370 e. The van der Waals surface area contributed by atoms with E-state index in [4.69, 9.17) is 10.5 Å². The van der Waals surface area contributed by atoms with E-state index in [2.05, 4.69) is 4.98 Å². The molecule has 1 amide bonds. The SMILES string of the molecule is COC(CN)C(=O)N(C)c1ccccn1. The maximum Gasteiger partial charge on any atom is 0.258 e. The Morgan fingerprint density at radius 1 is 1.67 bits per heavy atom. The Bertz CT molecular complexity index is 312. The van der Waals surface area contributed by atoms with Gasteiger partial charge < -0.3 is 10.5 Å². The van der Waals surface area contributed by atoms with E-state index in [1.165, 1.54) is 12.0 Å². The molecule has 1 unspecified atom stereocenters. The minimum Gasteiger partial charge on any atom is -0.370 e. The van der Waals surface area contributed by atoms with Crippen molar-refractivity contribution >= 4 is 11.7 Å². The second-order valence-electron chi connectivity index (χ2n) is 3.05. The smallest absolute Gasteiger partial charge is 0.258 e. The molecular formula is C10H15N3O2. The summed E-state index contributed by atoms with van der Waals surface area (Å²) in [7, 11) is 3.11. The van der Waals surface area contributed by atoms with E-state index in [9.17, 15) is 4.79 Å². The van der Waals surface area contributed by atoms with Gasteiger partial charge in [-0.05, 0) is 12.1 Å². The highest BCUT2D eigenvalue weighted by atomic mass is 16.5. The fraction of sp³-hybridized carbons (Fsp3) is 0.400. The molecule has 1 atom stereocenters. The number of amides is 1. The summed E-state index contributed by atoms with van der Waals surface area (Å²) in [6.45, 7) is 0.159. The normalized spacial score (nSPS) is 12.2.